The summed E-state index contributed by atoms with van der Waals surface area (Å²) < 4.78 is 20.9. The first kappa shape index (κ1) is 38.9. The molecule has 16 heteroatoms. The van der Waals surface area contributed by atoms with Gasteiger partial charge in [0.1, 0.15) is 0 Å². The first-order valence-electron chi connectivity index (χ1n) is 15.4. The molecule has 2 atom stereocenters. The van der Waals surface area contributed by atoms with Gasteiger partial charge in [0.15, 0.2) is 34.6 Å². The normalized spacial score (nSPS) is 12.2. The van der Waals surface area contributed by atoms with Crippen LogP contribution in [0, 0.1) is 0 Å². The number of amides is 2. The minimum atomic E-state index is -1.43. The number of methoxy groups -OCH3 is 4. The van der Waals surface area contributed by atoms with Gasteiger partial charge in [-0.3, -0.25) is 19.2 Å². The zero-order valence-corrected chi connectivity index (χ0v) is 30.4. The predicted molar refractivity (Wildman–Crippen MR) is 196 cm³/mol. The Morgan fingerprint density at radius 2 is 0.904 bits per heavy atom. The molecule has 0 radical (unpaired) electrons. The Morgan fingerprint density at radius 1 is 0.538 bits per heavy atom. The van der Waals surface area contributed by atoms with Gasteiger partial charge in [0.05, 0.1) is 49.9 Å². The van der Waals surface area contributed by atoms with Crippen LogP contribution >= 0.6 is 23.2 Å². The number of carbonyl (C=O) groups excluding carboxylic acids is 4. The van der Waals surface area contributed by atoms with Crippen LogP contribution in [0.2, 0.25) is 10.0 Å². The lowest BCUT2D eigenvalue weighted by Gasteiger charge is -2.12. The summed E-state index contributed by atoms with van der Waals surface area (Å²) in [5.74, 6) is -0.706. The molecule has 0 saturated heterocycles. The second kappa shape index (κ2) is 17.9. The minimum absolute atomic E-state index is 0.255. The fraction of sp³-hybridized carbons (Fsp3) is 0.222. The molecule has 0 aliphatic heterocycles. The van der Waals surface area contributed by atoms with E-state index in [0.717, 1.165) is 0 Å². The van der Waals surface area contributed by atoms with E-state index in [1.165, 1.54) is 54.4 Å². The molecule has 0 heterocycles. The van der Waals surface area contributed by atoms with Crippen LogP contribution < -0.4 is 29.6 Å². The average molecular weight is 750 g/mol. The Hall–Kier alpha value is -5.86. The molecule has 2 amide bonds. The van der Waals surface area contributed by atoms with Crippen LogP contribution in [0.25, 0.3) is 11.1 Å². The molecule has 0 aromatic heterocycles. The number of benzene rings is 4. The van der Waals surface area contributed by atoms with Crippen molar-refractivity contribution in [2.24, 2.45) is 20.5 Å². The summed E-state index contributed by atoms with van der Waals surface area (Å²) in [7, 11) is 5.90. The van der Waals surface area contributed by atoms with Gasteiger partial charge in [-0.25, -0.2) is 0 Å². The molecular weight excluding hydrogens is 715 g/mol. The van der Waals surface area contributed by atoms with Crippen molar-refractivity contribution in [3.05, 3.63) is 82.8 Å². The van der Waals surface area contributed by atoms with Gasteiger partial charge >= 0.3 is 0 Å². The van der Waals surface area contributed by atoms with E-state index >= 15 is 0 Å². The molecule has 0 bridgehead atoms. The van der Waals surface area contributed by atoms with Crippen molar-refractivity contribution < 1.29 is 38.1 Å². The van der Waals surface area contributed by atoms with Crippen molar-refractivity contribution in [1.82, 2.24) is 0 Å². The molecule has 270 valence electrons. The molecule has 4 rings (SSSR count). The molecule has 2 N–H and O–H groups in total. The van der Waals surface area contributed by atoms with E-state index in [4.69, 9.17) is 42.1 Å². The summed E-state index contributed by atoms with van der Waals surface area (Å²) in [6.45, 7) is 2.46. The molecule has 0 fully saturated rings. The van der Waals surface area contributed by atoms with Gasteiger partial charge in [0, 0.05) is 34.6 Å². The number of hydrogen-bond donors (Lipinski definition) is 2. The summed E-state index contributed by atoms with van der Waals surface area (Å²) in [5, 5.41) is 21.9. The topological polar surface area (TPSA) is 179 Å². The molecule has 0 saturated carbocycles. The second-order valence-electron chi connectivity index (χ2n) is 10.9. The van der Waals surface area contributed by atoms with E-state index in [0.29, 0.717) is 45.5 Å². The quantitative estimate of drug-likeness (QED) is 0.0905. The van der Waals surface area contributed by atoms with Gasteiger partial charge in [-0.15, -0.1) is 0 Å². The number of anilines is 2. The summed E-state index contributed by atoms with van der Waals surface area (Å²) in [6.07, 6.45) is 0. The maximum Gasteiger partial charge on any atom is 0.258 e. The number of azo groups is 2. The number of ketones is 2. The van der Waals surface area contributed by atoms with E-state index in [-0.39, 0.29) is 21.4 Å². The largest absolute Gasteiger partial charge is 0.493 e. The summed E-state index contributed by atoms with van der Waals surface area (Å²) in [6, 6.07) is 16.1. The molecule has 0 aliphatic carbocycles. The third-order valence-corrected chi connectivity index (χ3v) is 7.97. The van der Waals surface area contributed by atoms with E-state index in [1.54, 1.807) is 60.7 Å². The third-order valence-electron chi connectivity index (χ3n) is 7.34. The lowest BCUT2D eigenvalue weighted by atomic mass is 10.0. The first-order valence-corrected chi connectivity index (χ1v) is 16.1. The first-order chi connectivity index (χ1) is 24.9. The van der Waals surface area contributed by atoms with Crippen LogP contribution in [0.15, 0.2) is 93.3 Å². The number of nitrogens with zero attached hydrogens (tertiary/aromatic N) is 4. The monoisotopic (exact) mass is 748 g/mol. The predicted octanol–water partition coefficient (Wildman–Crippen LogP) is 8.05. The van der Waals surface area contributed by atoms with Crippen molar-refractivity contribution in [3.63, 3.8) is 0 Å². The van der Waals surface area contributed by atoms with Crippen LogP contribution in [0.5, 0.6) is 23.0 Å². The van der Waals surface area contributed by atoms with E-state index < -0.39 is 35.5 Å². The molecule has 0 spiro atoms. The van der Waals surface area contributed by atoms with Crippen molar-refractivity contribution in [2.45, 2.75) is 25.9 Å². The van der Waals surface area contributed by atoms with E-state index in [9.17, 15) is 19.2 Å². The van der Waals surface area contributed by atoms with Gasteiger partial charge in [0.25, 0.3) is 11.8 Å². The molecule has 4 aromatic carbocycles. The summed E-state index contributed by atoms with van der Waals surface area (Å²) >= 11 is 13.2. The Morgan fingerprint density at radius 3 is 1.21 bits per heavy atom. The molecule has 2 unspecified atom stereocenters. The maximum absolute atomic E-state index is 12.9. The number of ether oxygens (including phenoxy) is 4. The van der Waals surface area contributed by atoms with Crippen LogP contribution in [-0.4, -0.2) is 63.9 Å². The van der Waals surface area contributed by atoms with Gasteiger partial charge in [-0.2, -0.15) is 20.5 Å². The van der Waals surface area contributed by atoms with Crippen molar-refractivity contribution >= 4 is 69.3 Å². The number of hydrogen-bond acceptors (Lipinski definition) is 12. The Bertz CT molecular complexity index is 1910. The summed E-state index contributed by atoms with van der Waals surface area (Å²) in [4.78, 5) is 50.4. The third kappa shape index (κ3) is 9.68. The van der Waals surface area contributed by atoms with Crippen molar-refractivity contribution in [1.29, 1.82) is 0 Å². The van der Waals surface area contributed by atoms with Crippen molar-refractivity contribution in [3.8, 4) is 34.1 Å². The fourth-order valence-corrected chi connectivity index (χ4v) is 5.26. The number of nitrogens with one attached hydrogen (secondary N) is 2. The highest BCUT2D eigenvalue weighted by molar-refractivity contribution is 6.36. The standard InChI is InChI=1S/C36H34Cl2N6O8/c1-19(45)33(35(47)39-21-9-13-29(49-3)31(17-21)51-5)43-41-23-7-11-25(27(37)15-23)26-12-8-24(16-28(26)38)42-44-34(20(2)46)36(48)40-22-10-14-30(50-4)32(18-22)52-6/h7-18,33-34H,1-6H3,(H,39,47)(H,40,48). The molecule has 52 heavy (non-hydrogen) atoms. The summed E-state index contributed by atoms with van der Waals surface area (Å²) in [5.41, 5.74) is 2.38. The second-order valence-corrected chi connectivity index (χ2v) is 11.7. The highest BCUT2D eigenvalue weighted by atomic mass is 35.5. The molecule has 0 aliphatic rings. The van der Waals surface area contributed by atoms with E-state index in [2.05, 4.69) is 31.1 Å². The van der Waals surface area contributed by atoms with Crippen LogP contribution in [0.3, 0.4) is 0 Å². The zero-order valence-electron chi connectivity index (χ0n) is 28.9. The van der Waals surface area contributed by atoms with Gasteiger partial charge in [-0.05, 0) is 62.4 Å². The average Bonchev–Trinajstić information content (AvgIpc) is 3.11. The highest BCUT2D eigenvalue weighted by Crippen LogP contribution is 2.38. The maximum atomic E-state index is 12.9. The SMILES string of the molecule is COc1ccc(NC(=O)C(N=Nc2ccc(-c3ccc(N=NC(C(C)=O)C(=O)Nc4ccc(OC)c(OC)c4)cc3Cl)c(Cl)c2)C(C)=O)cc1OC. The number of carbonyl (C=O) groups is 4. The highest BCUT2D eigenvalue weighted by Gasteiger charge is 2.25. The Labute approximate surface area is 309 Å². The van der Waals surface area contributed by atoms with Gasteiger partial charge in [0.2, 0.25) is 12.1 Å². The number of rotatable bonds is 15. The lowest BCUT2D eigenvalue weighted by molar-refractivity contribution is -0.127. The fourth-order valence-electron chi connectivity index (χ4n) is 4.70. The van der Waals surface area contributed by atoms with Gasteiger partial charge < -0.3 is 29.6 Å². The molecular formula is C36H34Cl2N6O8. The van der Waals surface area contributed by atoms with E-state index in [1.807, 2.05) is 0 Å². The van der Waals surface area contributed by atoms with Crippen molar-refractivity contribution in [2.75, 3.05) is 39.1 Å². The zero-order chi connectivity index (χ0) is 37.9. The van der Waals surface area contributed by atoms with Crippen LogP contribution in [0.4, 0.5) is 22.7 Å². The van der Waals surface area contributed by atoms with Crippen LogP contribution in [0.1, 0.15) is 13.8 Å². The molecule has 4 aromatic rings. The lowest BCUT2D eigenvalue weighted by Crippen LogP contribution is -2.31. The van der Waals surface area contributed by atoms with Crippen LogP contribution in [-0.2, 0) is 19.2 Å². The Balaban J connectivity index is 1.46. The number of Topliss-reactive ketones (excluding diaryl/α,β-unsaturated/α-hetero) is 2. The molecule has 14 nitrogen and oxygen atoms in total. The van der Waals surface area contributed by atoms with Gasteiger partial charge in [-0.1, -0.05) is 35.3 Å². The Kier molecular flexibility index (Phi) is 13.4. The minimum Gasteiger partial charge on any atom is -0.493 e. The number of halogens is 2. The smallest absolute Gasteiger partial charge is 0.258 e.